The van der Waals surface area contributed by atoms with Crippen LogP contribution >= 0.6 is 0 Å². The lowest BCUT2D eigenvalue weighted by molar-refractivity contribution is 0.0687. The molecule has 1 N–H and O–H groups in total. The largest absolute Gasteiger partial charge is 0.394 e. The third-order valence-corrected chi connectivity index (χ3v) is 0.941. The van der Waals surface area contributed by atoms with E-state index in [9.17, 15) is 0 Å². The predicted molar refractivity (Wildman–Crippen MR) is 40.6 cm³/mol. The summed E-state index contributed by atoms with van der Waals surface area (Å²) >= 11 is 0. The summed E-state index contributed by atoms with van der Waals surface area (Å²) in [6, 6.07) is 0. The summed E-state index contributed by atoms with van der Waals surface area (Å²) in [5, 5.41) is 8.37. The second-order valence-electron chi connectivity index (χ2n) is 1.91. The standard InChI is InChI=1S/C8H14O2/c1-3-4-5-8(2)10-7-6-9/h8-9H,3,6-7H2,1-2H3. The van der Waals surface area contributed by atoms with E-state index in [1.165, 1.54) is 0 Å². The normalized spacial score (nSPS) is 11.9. The molecule has 0 aromatic rings. The van der Waals surface area contributed by atoms with Crippen molar-refractivity contribution >= 4 is 0 Å². The minimum Gasteiger partial charge on any atom is -0.394 e. The second-order valence-corrected chi connectivity index (χ2v) is 1.91. The van der Waals surface area contributed by atoms with Crippen molar-refractivity contribution in [2.45, 2.75) is 26.4 Å². The van der Waals surface area contributed by atoms with E-state index in [4.69, 9.17) is 9.84 Å². The van der Waals surface area contributed by atoms with E-state index in [2.05, 4.69) is 11.8 Å². The summed E-state index contributed by atoms with van der Waals surface area (Å²) in [6.07, 6.45) is 0.805. The fourth-order valence-corrected chi connectivity index (χ4v) is 0.517. The molecule has 10 heavy (non-hydrogen) atoms. The Hall–Kier alpha value is -0.520. The minimum absolute atomic E-state index is 0.0490. The highest BCUT2D eigenvalue weighted by Gasteiger charge is 1.92. The van der Waals surface area contributed by atoms with Gasteiger partial charge in [0.2, 0.25) is 0 Å². The number of ether oxygens (including phenoxy) is 1. The van der Waals surface area contributed by atoms with E-state index in [1.54, 1.807) is 0 Å². The SMILES string of the molecule is CCC#CC(C)OCCO. The van der Waals surface area contributed by atoms with Crippen molar-refractivity contribution in [1.82, 2.24) is 0 Å². The molecule has 0 aromatic heterocycles. The molecule has 58 valence electrons. The molecule has 0 fully saturated rings. The first kappa shape index (κ1) is 9.48. The average Bonchev–Trinajstić information content (AvgIpc) is 1.97. The Bertz CT molecular complexity index is 121. The smallest absolute Gasteiger partial charge is 0.115 e. The van der Waals surface area contributed by atoms with E-state index >= 15 is 0 Å². The number of aliphatic hydroxyl groups is 1. The first-order chi connectivity index (χ1) is 4.81. The topological polar surface area (TPSA) is 29.5 Å². The molecule has 0 saturated heterocycles. The monoisotopic (exact) mass is 142 g/mol. The fraction of sp³-hybridized carbons (Fsp3) is 0.750. The van der Waals surface area contributed by atoms with Crippen molar-refractivity contribution in [3.05, 3.63) is 0 Å². The summed E-state index contributed by atoms with van der Waals surface area (Å²) in [5.74, 6) is 5.78. The third kappa shape index (κ3) is 5.61. The first-order valence-corrected chi connectivity index (χ1v) is 3.52. The second kappa shape index (κ2) is 6.60. The Labute approximate surface area is 62.2 Å². The zero-order valence-electron chi connectivity index (χ0n) is 6.55. The van der Waals surface area contributed by atoms with Crippen molar-refractivity contribution in [3.63, 3.8) is 0 Å². The highest BCUT2D eigenvalue weighted by Crippen LogP contribution is 1.86. The van der Waals surface area contributed by atoms with E-state index in [0.29, 0.717) is 6.61 Å². The molecule has 1 unspecified atom stereocenters. The van der Waals surface area contributed by atoms with Crippen LogP contribution in [0.5, 0.6) is 0 Å². The number of hydrogen-bond acceptors (Lipinski definition) is 2. The van der Waals surface area contributed by atoms with Crippen LogP contribution in [-0.2, 0) is 4.74 Å². The Morgan fingerprint density at radius 1 is 1.60 bits per heavy atom. The van der Waals surface area contributed by atoms with Crippen molar-refractivity contribution in [2.75, 3.05) is 13.2 Å². The van der Waals surface area contributed by atoms with Gasteiger partial charge in [0.25, 0.3) is 0 Å². The van der Waals surface area contributed by atoms with Crippen LogP contribution in [0.25, 0.3) is 0 Å². The van der Waals surface area contributed by atoms with E-state index in [-0.39, 0.29) is 12.7 Å². The molecular formula is C8H14O2. The molecule has 0 aromatic carbocycles. The maximum Gasteiger partial charge on any atom is 0.115 e. The van der Waals surface area contributed by atoms with Crippen LogP contribution in [0.1, 0.15) is 20.3 Å². The van der Waals surface area contributed by atoms with Gasteiger partial charge >= 0.3 is 0 Å². The summed E-state index contributed by atoms with van der Waals surface area (Å²) < 4.78 is 5.07. The van der Waals surface area contributed by atoms with Gasteiger partial charge in [-0.15, -0.1) is 5.92 Å². The van der Waals surface area contributed by atoms with Crippen LogP contribution in [-0.4, -0.2) is 24.4 Å². The predicted octanol–water partition coefficient (Wildman–Crippen LogP) is 0.797. The van der Waals surface area contributed by atoms with Gasteiger partial charge in [0.15, 0.2) is 0 Å². The van der Waals surface area contributed by atoms with E-state index < -0.39 is 0 Å². The highest BCUT2D eigenvalue weighted by molar-refractivity contribution is 5.02. The van der Waals surface area contributed by atoms with Gasteiger partial charge in [0.1, 0.15) is 6.10 Å². The molecule has 0 aliphatic rings. The molecule has 0 saturated carbocycles. The van der Waals surface area contributed by atoms with E-state index in [0.717, 1.165) is 6.42 Å². The van der Waals surface area contributed by atoms with E-state index in [1.807, 2.05) is 13.8 Å². The van der Waals surface area contributed by atoms with Gasteiger partial charge in [-0.1, -0.05) is 12.8 Å². The Kier molecular flexibility index (Phi) is 6.25. The number of rotatable bonds is 3. The summed E-state index contributed by atoms with van der Waals surface area (Å²) in [5.41, 5.74) is 0. The summed E-state index contributed by atoms with van der Waals surface area (Å²) in [7, 11) is 0. The summed E-state index contributed by atoms with van der Waals surface area (Å²) in [4.78, 5) is 0. The molecule has 1 atom stereocenters. The maximum absolute atomic E-state index is 8.37. The zero-order valence-corrected chi connectivity index (χ0v) is 6.55. The van der Waals surface area contributed by atoms with Crippen molar-refractivity contribution in [2.24, 2.45) is 0 Å². The van der Waals surface area contributed by atoms with Gasteiger partial charge in [0, 0.05) is 6.42 Å². The molecule has 2 nitrogen and oxygen atoms in total. The lowest BCUT2D eigenvalue weighted by Gasteiger charge is -2.02. The third-order valence-electron chi connectivity index (χ3n) is 0.941. The molecule has 0 radical (unpaired) electrons. The van der Waals surface area contributed by atoms with Gasteiger partial charge in [0.05, 0.1) is 13.2 Å². The van der Waals surface area contributed by atoms with Crippen LogP contribution in [0.15, 0.2) is 0 Å². The van der Waals surface area contributed by atoms with Crippen LogP contribution in [0.3, 0.4) is 0 Å². The van der Waals surface area contributed by atoms with Crippen molar-refractivity contribution in [3.8, 4) is 11.8 Å². The van der Waals surface area contributed by atoms with Gasteiger partial charge < -0.3 is 9.84 Å². The summed E-state index contributed by atoms with van der Waals surface area (Å²) in [6.45, 7) is 4.31. The highest BCUT2D eigenvalue weighted by atomic mass is 16.5. The minimum atomic E-state index is -0.0490. The molecule has 0 rings (SSSR count). The van der Waals surface area contributed by atoms with Crippen LogP contribution in [0.2, 0.25) is 0 Å². The van der Waals surface area contributed by atoms with Gasteiger partial charge in [-0.3, -0.25) is 0 Å². The Morgan fingerprint density at radius 2 is 2.30 bits per heavy atom. The Balaban J connectivity index is 3.33. The lowest BCUT2D eigenvalue weighted by atomic mass is 10.4. The molecule has 0 aliphatic carbocycles. The fourth-order valence-electron chi connectivity index (χ4n) is 0.517. The Morgan fingerprint density at radius 3 is 2.80 bits per heavy atom. The number of aliphatic hydroxyl groups excluding tert-OH is 1. The molecule has 0 aliphatic heterocycles. The molecule has 0 bridgehead atoms. The molecule has 0 heterocycles. The van der Waals surface area contributed by atoms with Gasteiger partial charge in [-0.2, -0.15) is 0 Å². The van der Waals surface area contributed by atoms with Crippen LogP contribution in [0.4, 0.5) is 0 Å². The quantitative estimate of drug-likeness (QED) is 0.590. The lowest BCUT2D eigenvalue weighted by Crippen LogP contribution is -2.08. The van der Waals surface area contributed by atoms with Crippen molar-refractivity contribution < 1.29 is 9.84 Å². The van der Waals surface area contributed by atoms with Crippen molar-refractivity contribution in [1.29, 1.82) is 0 Å². The van der Waals surface area contributed by atoms with Crippen LogP contribution in [0, 0.1) is 11.8 Å². The van der Waals surface area contributed by atoms with Gasteiger partial charge in [-0.25, -0.2) is 0 Å². The molecule has 0 amide bonds. The zero-order chi connectivity index (χ0) is 7.82. The van der Waals surface area contributed by atoms with Gasteiger partial charge in [-0.05, 0) is 6.92 Å². The number of hydrogen-bond donors (Lipinski definition) is 1. The molecular weight excluding hydrogens is 128 g/mol. The molecule has 0 spiro atoms. The van der Waals surface area contributed by atoms with Crippen LogP contribution < -0.4 is 0 Å². The average molecular weight is 142 g/mol. The molecule has 2 heteroatoms. The maximum atomic E-state index is 8.37. The first-order valence-electron chi connectivity index (χ1n) is 3.52.